The highest BCUT2D eigenvalue weighted by atomic mass is 19.1. The number of rotatable bonds is 5. The molecule has 0 aliphatic carbocycles. The summed E-state index contributed by atoms with van der Waals surface area (Å²) in [7, 11) is 0. The van der Waals surface area contributed by atoms with E-state index in [1.807, 2.05) is 56.3 Å². The number of pyridine rings is 1. The molecule has 0 bridgehead atoms. The maximum absolute atomic E-state index is 15.2. The van der Waals surface area contributed by atoms with E-state index in [9.17, 15) is 4.79 Å². The topological polar surface area (TPSA) is 72.3 Å². The van der Waals surface area contributed by atoms with Crippen LogP contribution in [-0.4, -0.2) is 43.9 Å². The fraction of sp³-hybridized carbons (Fsp3) is 0.667. The summed E-state index contributed by atoms with van der Waals surface area (Å²) in [6.45, 7) is 18.6. The summed E-state index contributed by atoms with van der Waals surface area (Å²) in [5.74, 6) is 0.841. The Hall–Kier alpha value is -2.64. The average molecular weight is 488 g/mol. The number of ether oxygens (including phenoxy) is 1. The van der Waals surface area contributed by atoms with Gasteiger partial charge >= 0.3 is 6.09 Å². The van der Waals surface area contributed by atoms with Gasteiger partial charge in [0.15, 0.2) is 17.5 Å². The van der Waals surface area contributed by atoms with E-state index in [0.717, 1.165) is 30.7 Å². The van der Waals surface area contributed by atoms with Crippen LogP contribution >= 0.6 is 0 Å². The molecule has 35 heavy (non-hydrogen) atoms. The largest absolute Gasteiger partial charge is 0.444 e. The van der Waals surface area contributed by atoms with Crippen molar-refractivity contribution in [2.24, 2.45) is 5.92 Å². The van der Waals surface area contributed by atoms with Crippen molar-refractivity contribution in [2.75, 3.05) is 11.9 Å². The highest BCUT2D eigenvalue weighted by Gasteiger charge is 2.32. The van der Waals surface area contributed by atoms with Crippen molar-refractivity contribution in [1.29, 1.82) is 0 Å². The number of hydrogen-bond donors (Lipinski definition) is 1. The van der Waals surface area contributed by atoms with Crippen molar-refractivity contribution in [3.8, 4) is 0 Å². The molecule has 1 aliphatic rings. The second kappa shape index (κ2) is 10.2. The van der Waals surface area contributed by atoms with Gasteiger partial charge in [-0.2, -0.15) is 5.10 Å². The molecule has 2 aromatic heterocycles. The van der Waals surface area contributed by atoms with Crippen LogP contribution in [0.1, 0.15) is 85.2 Å². The van der Waals surface area contributed by atoms with Crippen LogP contribution < -0.4 is 5.32 Å². The van der Waals surface area contributed by atoms with Crippen LogP contribution in [0, 0.1) is 18.7 Å². The van der Waals surface area contributed by atoms with E-state index in [1.54, 1.807) is 0 Å². The molecule has 0 radical (unpaired) electrons. The van der Waals surface area contributed by atoms with Gasteiger partial charge in [0.1, 0.15) is 5.60 Å². The second-order valence-corrected chi connectivity index (χ2v) is 11.8. The number of aryl methyl sites for hydroxylation is 2. The van der Waals surface area contributed by atoms with Gasteiger partial charge in [0.05, 0.1) is 5.54 Å². The molecule has 1 fully saturated rings. The lowest BCUT2D eigenvalue weighted by atomic mass is 9.87. The molecule has 0 saturated carbocycles. The highest BCUT2D eigenvalue weighted by Crippen LogP contribution is 2.30. The second-order valence-electron chi connectivity index (χ2n) is 11.8. The number of nitrogens with one attached hydrogen (secondary N) is 1. The Balaban J connectivity index is 1.75. The van der Waals surface area contributed by atoms with Gasteiger partial charge < -0.3 is 15.0 Å². The monoisotopic (exact) mass is 487 g/mol. The Morgan fingerprint density at radius 1 is 1.23 bits per heavy atom. The van der Waals surface area contributed by atoms with Gasteiger partial charge in [-0.15, -0.1) is 0 Å². The molecule has 1 N–H and O–H groups in total. The summed E-state index contributed by atoms with van der Waals surface area (Å²) in [5.41, 5.74) is 1.83. The normalized spacial score (nSPS) is 19.1. The fourth-order valence-electron chi connectivity index (χ4n) is 4.76. The van der Waals surface area contributed by atoms with E-state index in [4.69, 9.17) is 4.74 Å². The molecule has 3 heterocycles. The lowest BCUT2D eigenvalue weighted by Gasteiger charge is -2.38. The van der Waals surface area contributed by atoms with E-state index in [1.165, 1.54) is 0 Å². The number of carbonyl (C=O) groups is 1. The number of carbonyl (C=O) groups excluding carboxylic acids is 1. The first-order valence-corrected chi connectivity index (χ1v) is 12.7. The summed E-state index contributed by atoms with van der Waals surface area (Å²) < 4.78 is 22.7. The van der Waals surface area contributed by atoms with Crippen molar-refractivity contribution in [2.45, 2.75) is 105 Å². The molecule has 8 heteroatoms. The standard InChI is InChI=1S/C27H42FN5O2/c1-10-20-16-21(15-19-11-12-32(17(2)13-19)25(34)35-27(7,8)9)29-24(23(20)28)30-22-14-18(3)33(31-22)26(4,5)6/h14,16-17,19H,10-13,15H2,1-9H3,(H,29,30,31)/t17-,19?/m1/s1. The minimum atomic E-state index is -0.507. The number of piperidine rings is 1. The molecule has 194 valence electrons. The maximum atomic E-state index is 15.2. The molecule has 1 aliphatic heterocycles. The van der Waals surface area contributed by atoms with Gasteiger partial charge in [-0.1, -0.05) is 6.92 Å². The Bertz CT molecular complexity index is 1050. The summed E-state index contributed by atoms with van der Waals surface area (Å²) >= 11 is 0. The van der Waals surface area contributed by atoms with Crippen molar-refractivity contribution in [1.82, 2.24) is 19.7 Å². The average Bonchev–Trinajstić information content (AvgIpc) is 3.09. The Labute approximate surface area is 209 Å². The van der Waals surface area contributed by atoms with E-state index in [2.05, 4.69) is 43.1 Å². The van der Waals surface area contributed by atoms with Crippen LogP contribution in [0.4, 0.5) is 20.8 Å². The smallest absolute Gasteiger partial charge is 0.410 e. The third kappa shape index (κ3) is 6.73. The minimum absolute atomic E-state index is 0.0802. The first-order valence-electron chi connectivity index (χ1n) is 12.7. The number of halogens is 1. The number of amides is 1. The highest BCUT2D eigenvalue weighted by molar-refractivity contribution is 5.68. The lowest BCUT2D eigenvalue weighted by molar-refractivity contribution is 0.00715. The zero-order valence-electron chi connectivity index (χ0n) is 22.8. The van der Waals surface area contributed by atoms with Gasteiger partial charge in [-0.05, 0) is 98.6 Å². The molecule has 2 aromatic rings. The van der Waals surface area contributed by atoms with Crippen molar-refractivity contribution in [3.05, 3.63) is 34.9 Å². The molecule has 1 amide bonds. The Morgan fingerprint density at radius 2 is 1.91 bits per heavy atom. The minimum Gasteiger partial charge on any atom is -0.444 e. The Kier molecular flexibility index (Phi) is 7.82. The van der Waals surface area contributed by atoms with Crippen molar-refractivity contribution < 1.29 is 13.9 Å². The Morgan fingerprint density at radius 3 is 2.46 bits per heavy atom. The first-order chi connectivity index (χ1) is 16.2. The quantitative estimate of drug-likeness (QED) is 0.531. The zero-order valence-corrected chi connectivity index (χ0v) is 22.8. The van der Waals surface area contributed by atoms with Crippen LogP contribution in [0.5, 0.6) is 0 Å². The maximum Gasteiger partial charge on any atom is 0.410 e. The van der Waals surface area contributed by atoms with Crippen LogP contribution in [0.15, 0.2) is 12.1 Å². The van der Waals surface area contributed by atoms with Gasteiger partial charge in [-0.3, -0.25) is 4.68 Å². The molecule has 7 nitrogen and oxygen atoms in total. The van der Waals surface area contributed by atoms with E-state index < -0.39 is 5.60 Å². The summed E-state index contributed by atoms with van der Waals surface area (Å²) in [6.07, 6.45) is 2.79. The molecular formula is C27H42FN5O2. The van der Waals surface area contributed by atoms with E-state index in [-0.39, 0.29) is 29.3 Å². The van der Waals surface area contributed by atoms with Crippen molar-refractivity contribution >= 4 is 17.7 Å². The van der Waals surface area contributed by atoms with Crippen molar-refractivity contribution in [3.63, 3.8) is 0 Å². The van der Waals surface area contributed by atoms with Crippen LogP contribution in [-0.2, 0) is 23.1 Å². The zero-order chi connectivity index (χ0) is 26.1. The number of anilines is 2. The molecular weight excluding hydrogens is 445 g/mol. The van der Waals surface area contributed by atoms with Crippen LogP contribution in [0.3, 0.4) is 0 Å². The van der Waals surface area contributed by atoms with E-state index in [0.29, 0.717) is 30.3 Å². The van der Waals surface area contributed by atoms with Gasteiger partial charge in [0, 0.05) is 30.0 Å². The number of nitrogens with zero attached hydrogens (tertiary/aromatic N) is 4. The molecule has 2 atom stereocenters. The van der Waals surface area contributed by atoms with Crippen LogP contribution in [0.2, 0.25) is 0 Å². The predicted octanol–water partition coefficient (Wildman–Crippen LogP) is 6.36. The number of aromatic nitrogens is 3. The van der Waals surface area contributed by atoms with Gasteiger partial charge in [-0.25, -0.2) is 14.2 Å². The third-order valence-electron chi connectivity index (χ3n) is 6.35. The number of hydrogen-bond acceptors (Lipinski definition) is 5. The molecule has 0 spiro atoms. The molecule has 1 unspecified atom stereocenters. The SMILES string of the molecule is CCc1cc(CC2CCN(C(=O)OC(C)(C)C)[C@H](C)C2)nc(Nc2cc(C)n(C(C)(C)C)n2)c1F. The molecule has 3 rings (SSSR count). The summed E-state index contributed by atoms with van der Waals surface area (Å²) in [6, 6.07) is 3.88. The van der Waals surface area contributed by atoms with E-state index >= 15 is 4.39 Å². The summed E-state index contributed by atoms with van der Waals surface area (Å²) in [4.78, 5) is 19.0. The van der Waals surface area contributed by atoms with Gasteiger partial charge in [0.2, 0.25) is 0 Å². The fourth-order valence-corrected chi connectivity index (χ4v) is 4.76. The van der Waals surface area contributed by atoms with Gasteiger partial charge in [0.25, 0.3) is 0 Å². The third-order valence-corrected chi connectivity index (χ3v) is 6.35. The number of likely N-dealkylation sites (tertiary alicyclic amines) is 1. The molecule has 1 saturated heterocycles. The first kappa shape index (κ1) is 27.0. The molecule has 0 aromatic carbocycles. The predicted molar refractivity (Wildman–Crippen MR) is 138 cm³/mol. The lowest BCUT2D eigenvalue weighted by Crippen LogP contribution is -2.47. The van der Waals surface area contributed by atoms with Crippen LogP contribution in [0.25, 0.3) is 0 Å². The summed E-state index contributed by atoms with van der Waals surface area (Å²) in [5, 5.41) is 7.75.